The Bertz CT molecular complexity index is 744. The molecule has 0 aromatic heterocycles. The first-order valence-electron chi connectivity index (χ1n) is 6.53. The summed E-state index contributed by atoms with van der Waals surface area (Å²) in [6, 6.07) is 9.84. The Hall–Kier alpha value is -2.48. The van der Waals surface area contributed by atoms with E-state index >= 15 is 0 Å². The lowest BCUT2D eigenvalue weighted by atomic mass is 9.93. The molecule has 7 heteroatoms. The summed E-state index contributed by atoms with van der Waals surface area (Å²) in [5.41, 5.74) is 3.82. The van der Waals surface area contributed by atoms with Crippen molar-refractivity contribution in [1.29, 1.82) is 10.5 Å². The molecule has 3 atom stereocenters. The Morgan fingerprint density at radius 1 is 1.18 bits per heavy atom. The molecule has 0 amide bonds. The maximum Gasteiger partial charge on any atom is 0.292 e. The molecule has 1 aromatic carbocycles. The predicted octanol–water partition coefficient (Wildman–Crippen LogP) is 1.26. The molecule has 0 spiro atoms. The molecule has 3 rings (SSSR count). The van der Waals surface area contributed by atoms with Crippen molar-refractivity contribution >= 4 is 5.84 Å². The van der Waals surface area contributed by atoms with E-state index in [0.29, 0.717) is 5.56 Å². The van der Waals surface area contributed by atoms with Crippen LogP contribution < -0.4 is 5.73 Å². The van der Waals surface area contributed by atoms with E-state index in [1.807, 2.05) is 0 Å². The lowest BCUT2D eigenvalue weighted by Gasteiger charge is -2.29. The normalized spacial score (nSPS) is 34.2. The Kier molecular flexibility index (Phi) is 2.80. The zero-order valence-electron chi connectivity index (χ0n) is 12.0. The molecule has 2 aliphatic rings. The van der Waals surface area contributed by atoms with Crippen molar-refractivity contribution in [3.05, 3.63) is 35.6 Å². The largest absolute Gasteiger partial charge is 0.386 e. The zero-order valence-corrected chi connectivity index (χ0v) is 12.0. The van der Waals surface area contributed by atoms with Crippen molar-refractivity contribution in [1.82, 2.24) is 0 Å². The summed E-state index contributed by atoms with van der Waals surface area (Å²) in [4.78, 5) is 4.10. The molecule has 6 nitrogen and oxygen atoms in total. The Morgan fingerprint density at radius 3 is 2.23 bits per heavy atom. The number of ether oxygens (including phenoxy) is 2. The lowest BCUT2D eigenvalue weighted by Crippen LogP contribution is -2.41. The number of hydrogen-bond donors (Lipinski definition) is 1. The van der Waals surface area contributed by atoms with E-state index in [1.165, 1.54) is 38.5 Å². The second kappa shape index (κ2) is 4.26. The number of aliphatic imine (C=N–C) groups is 1. The van der Waals surface area contributed by atoms with Crippen LogP contribution in [0.1, 0.15) is 11.5 Å². The van der Waals surface area contributed by atoms with Gasteiger partial charge in [0, 0.05) is 20.1 Å². The third kappa shape index (κ3) is 1.22. The van der Waals surface area contributed by atoms with Crippen LogP contribution in [-0.2, 0) is 9.47 Å². The molecule has 0 unspecified atom stereocenters. The molecule has 2 N–H and O–H groups in total. The van der Waals surface area contributed by atoms with Crippen LogP contribution in [0.4, 0.5) is 4.39 Å². The molecule has 0 radical (unpaired) electrons. The summed E-state index contributed by atoms with van der Waals surface area (Å²) in [6.45, 7) is 0. The number of rotatable bonds is 3. The van der Waals surface area contributed by atoms with E-state index in [4.69, 9.17) is 15.2 Å². The predicted molar refractivity (Wildman–Crippen MR) is 73.6 cm³/mol. The average molecular weight is 300 g/mol. The van der Waals surface area contributed by atoms with Crippen LogP contribution in [-0.4, -0.2) is 26.0 Å². The third-order valence-corrected chi connectivity index (χ3v) is 4.68. The molecule has 112 valence electrons. The molecule has 1 heterocycles. The van der Waals surface area contributed by atoms with Crippen LogP contribution >= 0.6 is 0 Å². The third-order valence-electron chi connectivity index (χ3n) is 4.68. The first-order chi connectivity index (χ1) is 10.5. The van der Waals surface area contributed by atoms with Crippen LogP contribution in [0.5, 0.6) is 0 Å². The summed E-state index contributed by atoms with van der Waals surface area (Å²) < 4.78 is 23.8. The minimum absolute atomic E-state index is 0.00502. The minimum Gasteiger partial charge on any atom is -0.386 e. The second-order valence-electron chi connectivity index (χ2n) is 5.31. The van der Waals surface area contributed by atoms with E-state index < -0.39 is 28.5 Å². The maximum atomic E-state index is 13.1. The highest BCUT2D eigenvalue weighted by Gasteiger charge is 2.93. The van der Waals surface area contributed by atoms with Crippen molar-refractivity contribution in [2.45, 2.75) is 11.8 Å². The summed E-state index contributed by atoms with van der Waals surface area (Å²) in [5, 5.41) is 19.5. The molecule has 0 bridgehead atoms. The van der Waals surface area contributed by atoms with Crippen molar-refractivity contribution in [3.63, 3.8) is 0 Å². The molecule has 1 aliphatic carbocycles. The summed E-state index contributed by atoms with van der Waals surface area (Å²) in [5.74, 6) is -2.67. The fourth-order valence-electron chi connectivity index (χ4n) is 3.68. The maximum absolute atomic E-state index is 13.1. The van der Waals surface area contributed by atoms with Crippen molar-refractivity contribution in [3.8, 4) is 12.1 Å². The van der Waals surface area contributed by atoms with Gasteiger partial charge in [0.25, 0.3) is 5.91 Å². The first kappa shape index (κ1) is 14.5. The van der Waals surface area contributed by atoms with Gasteiger partial charge in [0.1, 0.15) is 17.1 Å². The van der Waals surface area contributed by atoms with Crippen LogP contribution in [0.25, 0.3) is 0 Å². The molecular weight excluding hydrogens is 287 g/mol. The standard InChI is InChI=1S/C15H13FN4O2/c1-21-15(22-2)14(8-18)11(9-3-5-10(16)6-4-9)13(14,7-17)12(19)20-15/h3-6,11H,1-2H3,(H2,19,20)/t11-,13-,14+/m1/s1. The molecule has 1 fully saturated rings. The monoisotopic (exact) mass is 300 g/mol. The van der Waals surface area contributed by atoms with E-state index in [0.717, 1.165) is 0 Å². The summed E-state index contributed by atoms with van der Waals surface area (Å²) >= 11 is 0. The van der Waals surface area contributed by atoms with Gasteiger partial charge in [-0.05, 0) is 17.7 Å². The van der Waals surface area contributed by atoms with Gasteiger partial charge >= 0.3 is 0 Å². The number of nitrogens with zero attached hydrogens (tertiary/aromatic N) is 3. The van der Waals surface area contributed by atoms with Gasteiger partial charge in [-0.25, -0.2) is 9.38 Å². The SMILES string of the molecule is COC1(OC)N=C(N)[C@@]2(C#N)[C@@H](c3ccc(F)cc3)[C@]12C#N. The van der Waals surface area contributed by atoms with Gasteiger partial charge in [-0.15, -0.1) is 0 Å². The van der Waals surface area contributed by atoms with E-state index in [1.54, 1.807) is 0 Å². The van der Waals surface area contributed by atoms with Gasteiger partial charge in [-0.1, -0.05) is 12.1 Å². The first-order valence-corrected chi connectivity index (χ1v) is 6.53. The van der Waals surface area contributed by atoms with Crippen LogP contribution in [0.3, 0.4) is 0 Å². The van der Waals surface area contributed by atoms with Gasteiger partial charge in [0.15, 0.2) is 5.41 Å². The number of fused-ring (bicyclic) bond motifs is 1. The number of nitriles is 2. The molecule has 1 saturated carbocycles. The van der Waals surface area contributed by atoms with E-state index in [9.17, 15) is 14.9 Å². The zero-order chi connectivity index (χ0) is 16.2. The van der Waals surface area contributed by atoms with Crippen LogP contribution in [0.15, 0.2) is 29.3 Å². The lowest BCUT2D eigenvalue weighted by molar-refractivity contribution is -0.230. The van der Waals surface area contributed by atoms with Gasteiger partial charge < -0.3 is 15.2 Å². The van der Waals surface area contributed by atoms with Gasteiger partial charge in [-0.3, -0.25) is 0 Å². The van der Waals surface area contributed by atoms with E-state index in [2.05, 4.69) is 17.1 Å². The number of benzene rings is 1. The number of nitrogens with two attached hydrogens (primary N) is 1. The average Bonchev–Trinajstić information content (AvgIpc) is 3.11. The van der Waals surface area contributed by atoms with Gasteiger partial charge in [0.05, 0.1) is 12.1 Å². The highest BCUT2D eigenvalue weighted by atomic mass is 19.1. The molecule has 1 aromatic rings. The van der Waals surface area contributed by atoms with Gasteiger partial charge in [0.2, 0.25) is 0 Å². The number of halogens is 1. The Morgan fingerprint density at radius 2 is 1.77 bits per heavy atom. The smallest absolute Gasteiger partial charge is 0.292 e. The Balaban J connectivity index is 2.23. The molecule has 1 aliphatic heterocycles. The van der Waals surface area contributed by atoms with Crippen molar-refractivity contribution < 1.29 is 13.9 Å². The highest BCUT2D eigenvalue weighted by Crippen LogP contribution is 2.81. The Labute approximate surface area is 126 Å². The van der Waals surface area contributed by atoms with E-state index in [-0.39, 0.29) is 5.84 Å². The number of hydrogen-bond acceptors (Lipinski definition) is 6. The quantitative estimate of drug-likeness (QED) is 0.846. The summed E-state index contributed by atoms with van der Waals surface area (Å²) in [7, 11) is 2.68. The minimum atomic E-state index is -1.65. The number of methoxy groups -OCH3 is 2. The summed E-state index contributed by atoms with van der Waals surface area (Å²) in [6.07, 6.45) is 0. The number of amidine groups is 1. The molecule has 22 heavy (non-hydrogen) atoms. The van der Waals surface area contributed by atoms with Crippen LogP contribution in [0.2, 0.25) is 0 Å². The van der Waals surface area contributed by atoms with Crippen LogP contribution in [0, 0.1) is 39.3 Å². The van der Waals surface area contributed by atoms with Crippen molar-refractivity contribution in [2.75, 3.05) is 14.2 Å². The fraction of sp³-hybridized carbons (Fsp3) is 0.400. The molecule has 0 saturated heterocycles. The van der Waals surface area contributed by atoms with Gasteiger partial charge in [-0.2, -0.15) is 10.5 Å². The fourth-order valence-corrected chi connectivity index (χ4v) is 3.68. The highest BCUT2D eigenvalue weighted by molar-refractivity contribution is 6.00. The molecular formula is C15H13FN4O2. The second-order valence-corrected chi connectivity index (χ2v) is 5.31. The van der Waals surface area contributed by atoms with Crippen molar-refractivity contribution in [2.24, 2.45) is 21.6 Å². The topological polar surface area (TPSA) is 104 Å².